The lowest BCUT2D eigenvalue weighted by Crippen LogP contribution is -2.48. The van der Waals surface area contributed by atoms with Crippen molar-refractivity contribution in [2.24, 2.45) is 88.8 Å². The number of esters is 14. The van der Waals surface area contributed by atoms with Crippen LogP contribution in [0.25, 0.3) is 0 Å². The highest BCUT2D eigenvalue weighted by atomic mass is 16.7. The average molecular weight is 1410 g/mol. The van der Waals surface area contributed by atoms with Crippen molar-refractivity contribution in [2.75, 3.05) is 40.6 Å². The van der Waals surface area contributed by atoms with E-state index in [-0.39, 0.29) is 78.0 Å². The highest BCUT2D eigenvalue weighted by molar-refractivity contribution is 5.89. The van der Waals surface area contributed by atoms with E-state index in [1.165, 1.54) is 14.2 Å². The van der Waals surface area contributed by atoms with Crippen LogP contribution in [0.4, 0.5) is 0 Å². The Balaban J connectivity index is 0.000000155. The van der Waals surface area contributed by atoms with Crippen molar-refractivity contribution < 1.29 is 153 Å². The van der Waals surface area contributed by atoms with Crippen LogP contribution in [0.5, 0.6) is 0 Å². The van der Waals surface area contributed by atoms with Crippen molar-refractivity contribution in [2.45, 2.75) is 206 Å². The van der Waals surface area contributed by atoms with Gasteiger partial charge in [0.2, 0.25) is 0 Å². The molecule has 0 amide bonds. The largest absolute Gasteiger partial charge is 0.469 e. The molecule has 0 aromatic heterocycles. The molecule has 12 fully saturated rings. The minimum absolute atomic E-state index is 0.0554. The van der Waals surface area contributed by atoms with Gasteiger partial charge in [-0.15, -0.1) is 0 Å². The van der Waals surface area contributed by atoms with E-state index in [1.54, 1.807) is 41.5 Å². The predicted molar refractivity (Wildman–Crippen MR) is 321 cm³/mol. The normalized spacial score (nSPS) is 36.0. The Hall–Kier alpha value is -7.58. The van der Waals surface area contributed by atoms with Crippen molar-refractivity contribution >= 4 is 83.6 Å². The summed E-state index contributed by atoms with van der Waals surface area (Å²) < 4.78 is 88.8. The molecule has 8 aliphatic heterocycles. The average Bonchev–Trinajstić information content (AvgIpc) is 1.57. The van der Waals surface area contributed by atoms with Gasteiger partial charge < -0.3 is 85.6 Å². The molecule has 4 saturated carbocycles. The second-order valence-corrected chi connectivity index (χ2v) is 28.2. The first-order valence-corrected chi connectivity index (χ1v) is 33.9. The quantitative estimate of drug-likeness (QED) is 0.0816. The zero-order valence-corrected chi connectivity index (χ0v) is 57.5. The molecular formula is C67H90O32. The summed E-state index contributed by atoms with van der Waals surface area (Å²) in [6, 6.07) is 0. The van der Waals surface area contributed by atoms with E-state index in [9.17, 15) is 72.2 Å². The Bertz CT molecular complexity index is 3010. The van der Waals surface area contributed by atoms with Crippen molar-refractivity contribution in [3.8, 4) is 0 Å². The monoisotopic (exact) mass is 1410 g/mol. The van der Waals surface area contributed by atoms with Crippen LogP contribution in [-0.4, -0.2) is 214 Å². The van der Waals surface area contributed by atoms with Crippen molar-refractivity contribution in [3.63, 3.8) is 0 Å². The fourth-order valence-electron chi connectivity index (χ4n) is 15.3. The van der Waals surface area contributed by atoms with Gasteiger partial charge in [0.15, 0.2) is 50.5 Å². The number of aliphatic hydroxyl groups excluding tert-OH is 1. The number of fused-ring (bicyclic) bond motifs is 4. The topological polar surface area (TPSA) is 416 Å². The van der Waals surface area contributed by atoms with Crippen LogP contribution < -0.4 is 0 Å². The van der Waals surface area contributed by atoms with Gasteiger partial charge in [-0.1, -0.05) is 55.4 Å². The van der Waals surface area contributed by atoms with E-state index < -0.39 is 206 Å². The smallest absolute Gasteiger partial charge is 0.344 e. The van der Waals surface area contributed by atoms with E-state index in [4.69, 9.17) is 80.5 Å². The molecule has 12 aliphatic rings. The van der Waals surface area contributed by atoms with Crippen molar-refractivity contribution in [1.29, 1.82) is 0 Å². The van der Waals surface area contributed by atoms with Gasteiger partial charge in [-0.25, -0.2) is 19.2 Å². The van der Waals surface area contributed by atoms with Crippen LogP contribution in [0.1, 0.15) is 121 Å². The molecule has 28 unspecified atom stereocenters. The van der Waals surface area contributed by atoms with Crippen LogP contribution in [0.3, 0.4) is 0 Å². The number of rotatable bonds is 24. The Labute approximate surface area is 570 Å². The summed E-state index contributed by atoms with van der Waals surface area (Å²) in [7, 11) is 2.48. The number of hydrogen-bond donors (Lipinski definition) is 1. The maximum atomic E-state index is 12.7. The number of hydrogen-bond acceptors (Lipinski definition) is 32. The van der Waals surface area contributed by atoms with Gasteiger partial charge in [-0.2, -0.15) is 0 Å². The molecule has 8 bridgehead atoms. The number of carbonyl (C=O) groups is 14. The van der Waals surface area contributed by atoms with Crippen LogP contribution in [0, 0.1) is 88.8 Å². The number of methoxy groups -OCH3 is 2. The van der Waals surface area contributed by atoms with E-state index in [0.717, 1.165) is 6.42 Å². The molecule has 0 radical (unpaired) electrons. The summed E-state index contributed by atoms with van der Waals surface area (Å²) in [5.41, 5.74) is -0.683. The SMILES string of the molecule is CCC(C)C(=O)OCC(=O)OC1C2CC3C1OC(=O)C3C2C(=O)OC.CCC(C)C(=O)OCC(=O)OC1C2CC3C1OC(=O)C3C2C(=O)OC(C)(C)C.CCC(C)C(=O)OCC(=O)OC1C2OC(=O)C3C2OC1C3C(=O)OC.CCC(C)C(O)OCC(=O)OC1C2CC3C(=O)OC1C3O2. The van der Waals surface area contributed by atoms with Crippen LogP contribution in [0.2, 0.25) is 0 Å². The predicted octanol–water partition coefficient (Wildman–Crippen LogP) is 1.70. The Morgan fingerprint density at radius 3 is 1.30 bits per heavy atom. The lowest BCUT2D eigenvalue weighted by molar-refractivity contribution is -0.179. The first-order valence-electron chi connectivity index (χ1n) is 33.9. The molecule has 8 saturated heterocycles. The number of aliphatic hydroxyl groups is 1. The molecule has 28 atom stereocenters. The third kappa shape index (κ3) is 15.5. The second-order valence-electron chi connectivity index (χ2n) is 28.2. The summed E-state index contributed by atoms with van der Waals surface area (Å²) >= 11 is 0. The van der Waals surface area contributed by atoms with E-state index >= 15 is 0 Å². The van der Waals surface area contributed by atoms with Gasteiger partial charge >= 0.3 is 83.6 Å². The van der Waals surface area contributed by atoms with Gasteiger partial charge in [0.05, 0.1) is 67.7 Å². The molecule has 1 N–H and O–H groups in total. The molecule has 32 heteroatoms. The summed E-state index contributed by atoms with van der Waals surface area (Å²) in [4.78, 5) is 168. The van der Waals surface area contributed by atoms with Crippen LogP contribution >= 0.6 is 0 Å². The van der Waals surface area contributed by atoms with Gasteiger partial charge in [-0.05, 0) is 65.7 Å². The molecule has 0 spiro atoms. The van der Waals surface area contributed by atoms with Crippen LogP contribution in [-0.2, 0) is 148 Å². The number of ether oxygens (including phenoxy) is 17. The Morgan fingerprint density at radius 1 is 0.444 bits per heavy atom. The molecule has 99 heavy (non-hydrogen) atoms. The molecule has 8 heterocycles. The minimum atomic E-state index is -0.993. The lowest BCUT2D eigenvalue weighted by Gasteiger charge is -2.32. The minimum Gasteiger partial charge on any atom is -0.469 e. The fraction of sp³-hybridized carbons (Fsp3) is 0.791. The van der Waals surface area contributed by atoms with E-state index in [2.05, 4.69) is 0 Å². The molecule has 0 aromatic rings. The summed E-state index contributed by atoms with van der Waals surface area (Å²) in [6.45, 7) is 17.8. The lowest BCUT2D eigenvalue weighted by atomic mass is 9.78. The summed E-state index contributed by atoms with van der Waals surface area (Å²) in [5, 5.41) is 9.65. The van der Waals surface area contributed by atoms with Crippen molar-refractivity contribution in [1.82, 2.24) is 0 Å². The molecule has 12 rings (SSSR count). The zero-order valence-electron chi connectivity index (χ0n) is 57.5. The maximum absolute atomic E-state index is 12.7. The third-order valence-electron chi connectivity index (χ3n) is 21.0. The fourth-order valence-corrected chi connectivity index (χ4v) is 15.3. The molecule has 4 aliphatic carbocycles. The summed E-state index contributed by atoms with van der Waals surface area (Å²) in [5.74, 6) is -13.6. The van der Waals surface area contributed by atoms with E-state index in [0.29, 0.717) is 38.5 Å². The van der Waals surface area contributed by atoms with Gasteiger partial charge in [0.1, 0.15) is 66.8 Å². The van der Waals surface area contributed by atoms with Crippen LogP contribution in [0.15, 0.2) is 0 Å². The second kappa shape index (κ2) is 31.1. The highest BCUT2D eigenvalue weighted by Crippen LogP contribution is 2.61. The summed E-state index contributed by atoms with van der Waals surface area (Å²) in [6.07, 6.45) is -4.00. The van der Waals surface area contributed by atoms with Gasteiger partial charge in [0, 0.05) is 29.6 Å². The molecule has 0 aromatic carbocycles. The highest BCUT2D eigenvalue weighted by Gasteiger charge is 2.74. The zero-order chi connectivity index (χ0) is 72.5. The number of carbonyl (C=O) groups excluding carboxylic acids is 14. The molecular weight excluding hydrogens is 1320 g/mol. The maximum Gasteiger partial charge on any atom is 0.344 e. The first kappa shape index (κ1) is 75.6. The first-order chi connectivity index (χ1) is 46.8. The third-order valence-corrected chi connectivity index (χ3v) is 21.0. The Morgan fingerprint density at radius 2 is 0.848 bits per heavy atom. The van der Waals surface area contributed by atoms with Crippen molar-refractivity contribution in [3.05, 3.63) is 0 Å². The van der Waals surface area contributed by atoms with Gasteiger partial charge in [0.25, 0.3) is 0 Å². The molecule has 550 valence electrons. The van der Waals surface area contributed by atoms with Gasteiger partial charge in [-0.3, -0.25) is 47.9 Å². The Kier molecular flexibility index (Phi) is 23.8. The van der Waals surface area contributed by atoms with E-state index in [1.807, 2.05) is 34.6 Å². The molecule has 32 nitrogen and oxygen atoms in total. The standard InChI is InChI=1S/C20H28O8.C17H22O8.C16H20O9.C14H20O7/c1-6-9(2)17(22)25-8-12(21)26-15-11-7-10-13(18(23)27-16(10)15)14(11)19(24)28-20(3,4)5;1-4-7(2)15(19)23-6-10(18)24-13-8-5-9-12(11(8)16(20)22-3)17(21)25-14(9)13;1-4-6(2)14(18)22-5-7(17)23-12-10-8(15(19)21-3)9-11(24-10)13(12)25-16(9)20;1-3-6(2)13(16)18-5-9(15)20-11-8-4-7-10(19-8)12(11)21-14(7)17/h9-11,13-16H,6-8H2,1-5H3;7-9,11-14H,4-6H2,1-3H3;6,8-13H,4-5H2,1-3H3;6-8,10-13,16H,3-5H2,1-2H3.